The standard InChI is InChI=1S/C31H36ClF3N10O3S/c1-43-12-14-44(15-13-43)19-6-10-45(11-7-19)25-17-26(48-2)24(16-20(25)31(33,34)35)40-30-38-18-21(32)29(41-30)39-23-5-4-22-27(37-9-8-36-22)28(23)42-49(3,46)47/h4-5,8-9,16-19,42H,6-7,10-15H2,1-3H3,(H2,38,39,40,41). The van der Waals surface area contributed by atoms with Crippen LogP contribution < -0.4 is 25.0 Å². The van der Waals surface area contributed by atoms with Crippen molar-refractivity contribution in [1.29, 1.82) is 0 Å². The lowest BCUT2D eigenvalue weighted by Crippen LogP contribution is -2.52. The number of rotatable bonds is 9. The lowest BCUT2D eigenvalue weighted by molar-refractivity contribution is -0.137. The minimum Gasteiger partial charge on any atom is -0.494 e. The van der Waals surface area contributed by atoms with Gasteiger partial charge in [0, 0.05) is 63.8 Å². The molecule has 0 atom stereocenters. The molecular formula is C31H36ClF3N10O3S. The summed E-state index contributed by atoms with van der Waals surface area (Å²) in [6.45, 7) is 4.87. The van der Waals surface area contributed by atoms with Crippen LogP contribution in [-0.2, 0) is 16.2 Å². The van der Waals surface area contributed by atoms with Crippen molar-refractivity contribution in [3.63, 3.8) is 0 Å². The summed E-state index contributed by atoms with van der Waals surface area (Å²) in [5.74, 6) is 0.135. The van der Waals surface area contributed by atoms with Crippen molar-refractivity contribution in [1.82, 2.24) is 29.7 Å². The Kier molecular flexibility index (Phi) is 9.88. The van der Waals surface area contributed by atoms with Crippen LogP contribution in [0.2, 0.25) is 5.02 Å². The molecular weight excluding hydrogens is 685 g/mol. The topological polar surface area (TPSA) is 141 Å². The number of sulfonamides is 1. The molecule has 6 rings (SSSR count). The monoisotopic (exact) mass is 720 g/mol. The molecule has 0 bridgehead atoms. The molecule has 4 aromatic rings. The molecule has 2 saturated heterocycles. The summed E-state index contributed by atoms with van der Waals surface area (Å²) in [7, 11) is -0.260. The fourth-order valence-electron chi connectivity index (χ4n) is 6.18. The van der Waals surface area contributed by atoms with Crippen LogP contribution in [0.1, 0.15) is 18.4 Å². The van der Waals surface area contributed by atoms with E-state index in [2.05, 4.69) is 52.1 Å². The predicted octanol–water partition coefficient (Wildman–Crippen LogP) is 5.18. The van der Waals surface area contributed by atoms with Gasteiger partial charge in [0.05, 0.1) is 53.4 Å². The molecule has 262 valence electrons. The summed E-state index contributed by atoms with van der Waals surface area (Å²) in [5, 5.41) is 5.90. The Hall–Kier alpha value is -4.19. The Morgan fingerprint density at radius 3 is 2.35 bits per heavy atom. The van der Waals surface area contributed by atoms with E-state index in [-0.39, 0.29) is 50.8 Å². The number of ether oxygens (including phenoxy) is 1. The van der Waals surface area contributed by atoms with Crippen molar-refractivity contribution in [3.8, 4) is 5.75 Å². The number of alkyl halides is 3. The van der Waals surface area contributed by atoms with Gasteiger partial charge in [0.15, 0.2) is 5.82 Å². The molecule has 4 heterocycles. The van der Waals surface area contributed by atoms with Gasteiger partial charge in [0.1, 0.15) is 16.3 Å². The fraction of sp³-hybridized carbons (Fsp3) is 0.419. The molecule has 0 aliphatic carbocycles. The zero-order valence-electron chi connectivity index (χ0n) is 27.1. The first-order valence-electron chi connectivity index (χ1n) is 15.5. The van der Waals surface area contributed by atoms with E-state index in [0.717, 1.165) is 51.3 Å². The van der Waals surface area contributed by atoms with Crippen molar-refractivity contribution in [3.05, 3.63) is 53.4 Å². The van der Waals surface area contributed by atoms with Crippen LogP contribution >= 0.6 is 11.6 Å². The van der Waals surface area contributed by atoms with E-state index >= 15 is 0 Å². The van der Waals surface area contributed by atoms with E-state index < -0.39 is 21.8 Å². The molecule has 49 heavy (non-hydrogen) atoms. The molecule has 2 aliphatic heterocycles. The minimum atomic E-state index is -4.65. The summed E-state index contributed by atoms with van der Waals surface area (Å²) in [5.41, 5.74) is 0.311. The molecule has 2 aromatic heterocycles. The average molecular weight is 721 g/mol. The van der Waals surface area contributed by atoms with E-state index in [1.807, 2.05) is 0 Å². The van der Waals surface area contributed by atoms with Gasteiger partial charge in [-0.15, -0.1) is 0 Å². The van der Waals surface area contributed by atoms with Crippen molar-refractivity contribution < 1.29 is 26.3 Å². The molecule has 2 aromatic carbocycles. The number of hydrogen-bond donors (Lipinski definition) is 3. The summed E-state index contributed by atoms with van der Waals surface area (Å²) < 4.78 is 76.1. The van der Waals surface area contributed by atoms with Gasteiger partial charge < -0.3 is 25.2 Å². The number of aromatic nitrogens is 4. The summed E-state index contributed by atoms with van der Waals surface area (Å²) in [6.07, 6.45) is 2.04. The smallest absolute Gasteiger partial charge is 0.418 e. The predicted molar refractivity (Wildman–Crippen MR) is 184 cm³/mol. The number of benzene rings is 2. The quantitative estimate of drug-likeness (QED) is 0.210. The third kappa shape index (κ3) is 8.01. The lowest BCUT2D eigenvalue weighted by atomic mass is 10.00. The van der Waals surface area contributed by atoms with Crippen LogP contribution in [0.15, 0.2) is 42.9 Å². The Balaban J connectivity index is 1.27. The highest BCUT2D eigenvalue weighted by Gasteiger charge is 2.38. The molecule has 0 spiro atoms. The maximum Gasteiger partial charge on any atom is 0.418 e. The molecule has 3 N–H and O–H groups in total. The van der Waals surface area contributed by atoms with Gasteiger partial charge in [-0.3, -0.25) is 19.6 Å². The number of likely N-dealkylation sites (N-methyl/N-ethyl adjacent to an activating group) is 1. The highest BCUT2D eigenvalue weighted by atomic mass is 35.5. The van der Waals surface area contributed by atoms with Gasteiger partial charge >= 0.3 is 6.18 Å². The van der Waals surface area contributed by atoms with E-state index in [1.54, 1.807) is 17.0 Å². The van der Waals surface area contributed by atoms with E-state index in [9.17, 15) is 21.6 Å². The molecule has 2 aliphatic rings. The summed E-state index contributed by atoms with van der Waals surface area (Å²) in [6, 6.07) is 5.94. The zero-order chi connectivity index (χ0) is 34.9. The largest absolute Gasteiger partial charge is 0.494 e. The van der Waals surface area contributed by atoms with E-state index in [4.69, 9.17) is 16.3 Å². The van der Waals surface area contributed by atoms with Crippen molar-refractivity contribution >= 4 is 67.2 Å². The van der Waals surface area contributed by atoms with Gasteiger partial charge in [-0.1, -0.05) is 11.6 Å². The van der Waals surface area contributed by atoms with Crippen LogP contribution in [0.3, 0.4) is 0 Å². The van der Waals surface area contributed by atoms with Crippen molar-refractivity contribution in [2.24, 2.45) is 0 Å². The Bertz CT molecular complexity index is 1940. The van der Waals surface area contributed by atoms with Crippen LogP contribution in [0.5, 0.6) is 5.75 Å². The fourth-order valence-corrected chi connectivity index (χ4v) is 6.89. The number of piperazine rings is 1. The molecule has 2 fully saturated rings. The van der Waals surface area contributed by atoms with Crippen molar-refractivity contribution in [2.75, 3.05) is 79.9 Å². The first-order valence-corrected chi connectivity index (χ1v) is 17.8. The summed E-state index contributed by atoms with van der Waals surface area (Å²) >= 11 is 6.40. The Morgan fingerprint density at radius 2 is 1.67 bits per heavy atom. The summed E-state index contributed by atoms with van der Waals surface area (Å²) in [4.78, 5) is 23.5. The SMILES string of the molecule is COc1cc(N2CCC(N3CCN(C)CC3)CC2)c(C(F)(F)F)cc1Nc1ncc(Cl)c(Nc2ccc3nccnc3c2NS(C)(=O)=O)n1. The van der Waals surface area contributed by atoms with E-state index in [0.29, 0.717) is 24.6 Å². The van der Waals surface area contributed by atoms with Crippen LogP contribution in [0, 0.1) is 0 Å². The van der Waals surface area contributed by atoms with Gasteiger partial charge in [-0.25, -0.2) is 13.4 Å². The number of hydrogen-bond acceptors (Lipinski definition) is 12. The molecule has 0 amide bonds. The first kappa shape index (κ1) is 34.7. The molecule has 18 heteroatoms. The molecule has 0 radical (unpaired) electrons. The lowest BCUT2D eigenvalue weighted by Gasteiger charge is -2.43. The number of nitrogens with zero attached hydrogens (tertiary/aromatic N) is 7. The van der Waals surface area contributed by atoms with Gasteiger partial charge in [0.25, 0.3) is 0 Å². The molecule has 0 saturated carbocycles. The number of fused-ring (bicyclic) bond motifs is 1. The number of piperidine rings is 1. The van der Waals surface area contributed by atoms with Gasteiger partial charge in [0.2, 0.25) is 16.0 Å². The van der Waals surface area contributed by atoms with E-state index in [1.165, 1.54) is 31.8 Å². The zero-order valence-corrected chi connectivity index (χ0v) is 28.6. The maximum atomic E-state index is 14.6. The van der Waals surface area contributed by atoms with Crippen LogP contribution in [0.25, 0.3) is 11.0 Å². The highest BCUT2D eigenvalue weighted by Crippen LogP contribution is 2.44. The van der Waals surface area contributed by atoms with Crippen LogP contribution in [0.4, 0.5) is 47.7 Å². The van der Waals surface area contributed by atoms with Gasteiger partial charge in [-0.05, 0) is 38.1 Å². The second kappa shape index (κ2) is 14.0. The number of methoxy groups -OCH3 is 1. The van der Waals surface area contributed by atoms with Crippen LogP contribution in [-0.4, -0.2) is 104 Å². The Labute approximate surface area is 286 Å². The minimum absolute atomic E-state index is 0.000387. The second-order valence-corrected chi connectivity index (χ2v) is 14.2. The normalized spacial score (nSPS) is 16.9. The maximum absolute atomic E-state index is 14.6. The Morgan fingerprint density at radius 1 is 0.959 bits per heavy atom. The number of anilines is 6. The number of nitrogens with one attached hydrogen (secondary N) is 3. The highest BCUT2D eigenvalue weighted by molar-refractivity contribution is 7.92. The molecule has 13 nitrogen and oxygen atoms in total. The second-order valence-electron chi connectivity index (χ2n) is 12.1. The first-order chi connectivity index (χ1) is 23.3. The average Bonchev–Trinajstić information content (AvgIpc) is 3.06. The van der Waals surface area contributed by atoms with Gasteiger partial charge in [-0.2, -0.15) is 18.2 Å². The third-order valence-corrected chi connectivity index (χ3v) is 9.51. The third-order valence-electron chi connectivity index (χ3n) is 8.65. The number of halogens is 4. The van der Waals surface area contributed by atoms with Crippen molar-refractivity contribution in [2.45, 2.75) is 25.1 Å². The molecule has 0 unspecified atom stereocenters.